The van der Waals surface area contributed by atoms with E-state index in [1.54, 1.807) is 0 Å². The van der Waals surface area contributed by atoms with E-state index < -0.39 is 6.36 Å². The number of hydrogen-bond acceptors (Lipinski definition) is 4. The molecule has 0 spiro atoms. The van der Waals surface area contributed by atoms with Crippen molar-refractivity contribution in [3.63, 3.8) is 0 Å². The molecule has 150 valence electrons. The number of nitrogens with one attached hydrogen (secondary N) is 2. The first kappa shape index (κ1) is 19.1. The number of ether oxygens (including phenoxy) is 2. The number of halogens is 3. The Morgan fingerprint density at radius 3 is 2.79 bits per heavy atom. The molecule has 0 radical (unpaired) electrons. The van der Waals surface area contributed by atoms with Crippen LogP contribution in [0.4, 0.5) is 13.2 Å². The largest absolute Gasteiger partial charge is 0.573 e. The first-order valence-electron chi connectivity index (χ1n) is 9.56. The standard InChI is InChI=1S/C21H23F3N2O2/c22-21(23,24)28-17-11-15-8-10-27-20(15)16(12-17)13-26-18-7-4-9-25-19(18)14-5-2-1-3-6-14/h1-3,5-6,11-12,18-19,25-26H,4,7-10,13H2/t18-,19-/m0/s1. The van der Waals surface area contributed by atoms with Gasteiger partial charge in [0.15, 0.2) is 0 Å². The fourth-order valence-electron chi connectivity index (χ4n) is 4.04. The normalized spacial score (nSPS) is 21.8. The van der Waals surface area contributed by atoms with E-state index in [9.17, 15) is 13.2 Å². The van der Waals surface area contributed by atoms with E-state index in [1.807, 2.05) is 18.2 Å². The van der Waals surface area contributed by atoms with E-state index >= 15 is 0 Å². The van der Waals surface area contributed by atoms with Crippen molar-refractivity contribution in [1.29, 1.82) is 0 Å². The number of rotatable bonds is 5. The molecular formula is C21H23F3N2O2. The maximum atomic E-state index is 12.7. The minimum atomic E-state index is -4.70. The van der Waals surface area contributed by atoms with E-state index in [0.717, 1.165) is 24.9 Å². The first-order chi connectivity index (χ1) is 13.5. The van der Waals surface area contributed by atoms with Gasteiger partial charge in [-0.2, -0.15) is 0 Å². The second-order valence-corrected chi connectivity index (χ2v) is 7.19. The Labute approximate surface area is 162 Å². The predicted molar refractivity (Wildman–Crippen MR) is 99.4 cm³/mol. The second kappa shape index (κ2) is 8.01. The molecule has 2 aliphatic heterocycles. The Kier molecular flexibility index (Phi) is 5.46. The lowest BCUT2D eigenvalue weighted by Crippen LogP contribution is -2.45. The summed E-state index contributed by atoms with van der Waals surface area (Å²) in [6.45, 7) is 1.85. The predicted octanol–water partition coefficient (Wildman–Crippen LogP) is 4.10. The third kappa shape index (κ3) is 4.42. The van der Waals surface area contributed by atoms with Crippen molar-refractivity contribution in [3.8, 4) is 11.5 Å². The number of fused-ring (bicyclic) bond motifs is 1. The van der Waals surface area contributed by atoms with Crippen molar-refractivity contribution < 1.29 is 22.6 Å². The van der Waals surface area contributed by atoms with Crippen LogP contribution in [0.15, 0.2) is 42.5 Å². The van der Waals surface area contributed by atoms with Gasteiger partial charge in [-0.3, -0.25) is 0 Å². The number of alkyl halides is 3. The molecule has 0 bridgehead atoms. The molecule has 2 N–H and O–H groups in total. The van der Waals surface area contributed by atoms with Gasteiger partial charge in [-0.15, -0.1) is 13.2 Å². The Morgan fingerprint density at radius 1 is 1.18 bits per heavy atom. The molecule has 1 fully saturated rings. The maximum absolute atomic E-state index is 12.7. The smallest absolute Gasteiger partial charge is 0.493 e. The molecule has 1 saturated heterocycles. The summed E-state index contributed by atoms with van der Waals surface area (Å²) in [5.41, 5.74) is 2.67. The van der Waals surface area contributed by atoms with Crippen LogP contribution in [0.5, 0.6) is 11.5 Å². The molecule has 7 heteroatoms. The minimum absolute atomic E-state index is 0.165. The first-order valence-corrected chi connectivity index (χ1v) is 9.56. The Hall–Kier alpha value is -2.25. The lowest BCUT2D eigenvalue weighted by molar-refractivity contribution is -0.274. The summed E-state index contributed by atoms with van der Waals surface area (Å²) in [6.07, 6.45) is -2.07. The summed E-state index contributed by atoms with van der Waals surface area (Å²) < 4.78 is 47.8. The zero-order valence-corrected chi connectivity index (χ0v) is 15.4. The van der Waals surface area contributed by atoms with Gasteiger partial charge in [-0.25, -0.2) is 0 Å². The maximum Gasteiger partial charge on any atom is 0.573 e. The van der Waals surface area contributed by atoms with Crippen molar-refractivity contribution in [1.82, 2.24) is 10.6 Å². The van der Waals surface area contributed by atoms with Crippen molar-refractivity contribution in [2.24, 2.45) is 0 Å². The fraction of sp³-hybridized carbons (Fsp3) is 0.429. The minimum Gasteiger partial charge on any atom is -0.493 e. The molecule has 0 unspecified atom stereocenters. The molecule has 2 heterocycles. The molecule has 28 heavy (non-hydrogen) atoms. The van der Waals surface area contributed by atoms with Gasteiger partial charge in [0.05, 0.1) is 6.61 Å². The van der Waals surface area contributed by atoms with Gasteiger partial charge < -0.3 is 20.1 Å². The van der Waals surface area contributed by atoms with Crippen molar-refractivity contribution in [2.45, 2.75) is 44.3 Å². The SMILES string of the molecule is FC(F)(F)Oc1cc2c(c(CN[C@H]3CCCN[C@H]3c3ccccc3)c1)OCC2. The highest BCUT2D eigenvalue weighted by Gasteiger charge is 2.32. The van der Waals surface area contributed by atoms with Crippen molar-refractivity contribution in [2.75, 3.05) is 13.2 Å². The highest BCUT2D eigenvalue weighted by Crippen LogP contribution is 2.36. The van der Waals surface area contributed by atoms with Crippen molar-refractivity contribution in [3.05, 3.63) is 59.2 Å². The summed E-state index contributed by atoms with van der Waals surface area (Å²) >= 11 is 0. The Balaban J connectivity index is 1.52. The van der Waals surface area contributed by atoms with E-state index in [0.29, 0.717) is 30.9 Å². The van der Waals surface area contributed by atoms with Gasteiger partial charge in [-0.05, 0) is 37.1 Å². The summed E-state index contributed by atoms with van der Waals surface area (Å²) in [5.74, 6) is 0.497. The molecule has 4 nitrogen and oxygen atoms in total. The number of hydrogen-bond donors (Lipinski definition) is 2. The quantitative estimate of drug-likeness (QED) is 0.804. The van der Waals surface area contributed by atoms with Gasteiger partial charge in [0.25, 0.3) is 0 Å². The van der Waals surface area contributed by atoms with Crippen LogP contribution in [0, 0.1) is 0 Å². The topological polar surface area (TPSA) is 42.5 Å². The summed E-state index contributed by atoms with van der Waals surface area (Å²) in [7, 11) is 0. The van der Waals surface area contributed by atoms with Crippen LogP contribution in [-0.2, 0) is 13.0 Å². The average Bonchev–Trinajstić information content (AvgIpc) is 3.14. The molecule has 0 saturated carbocycles. The van der Waals surface area contributed by atoms with E-state index in [-0.39, 0.29) is 17.8 Å². The third-order valence-electron chi connectivity index (χ3n) is 5.24. The number of benzene rings is 2. The van der Waals surface area contributed by atoms with Crippen LogP contribution < -0.4 is 20.1 Å². The summed E-state index contributed by atoms with van der Waals surface area (Å²) in [4.78, 5) is 0. The number of piperidine rings is 1. The molecule has 2 atom stereocenters. The van der Waals surface area contributed by atoms with Crippen LogP contribution in [0.1, 0.15) is 35.6 Å². The molecule has 0 aromatic heterocycles. The van der Waals surface area contributed by atoms with Gasteiger partial charge in [0.1, 0.15) is 11.5 Å². The van der Waals surface area contributed by atoms with Gasteiger partial charge in [-0.1, -0.05) is 30.3 Å². The van der Waals surface area contributed by atoms with Gasteiger partial charge >= 0.3 is 6.36 Å². The molecule has 0 aliphatic carbocycles. The lowest BCUT2D eigenvalue weighted by Gasteiger charge is -2.34. The van der Waals surface area contributed by atoms with Gasteiger partial charge in [0, 0.05) is 36.2 Å². The highest BCUT2D eigenvalue weighted by atomic mass is 19.4. The molecule has 2 aromatic carbocycles. The second-order valence-electron chi connectivity index (χ2n) is 7.19. The zero-order valence-electron chi connectivity index (χ0n) is 15.4. The molecule has 0 amide bonds. The molecule has 4 rings (SSSR count). The fourth-order valence-corrected chi connectivity index (χ4v) is 4.04. The molecule has 2 aromatic rings. The van der Waals surface area contributed by atoms with E-state index in [2.05, 4.69) is 27.5 Å². The zero-order chi connectivity index (χ0) is 19.6. The van der Waals surface area contributed by atoms with Crippen LogP contribution in [0.3, 0.4) is 0 Å². The van der Waals surface area contributed by atoms with Gasteiger partial charge in [0.2, 0.25) is 0 Å². The summed E-state index contributed by atoms with van der Waals surface area (Å²) in [6, 6.07) is 13.4. The monoisotopic (exact) mass is 392 g/mol. The Bertz CT molecular complexity index is 811. The van der Waals surface area contributed by atoms with Crippen LogP contribution in [0.25, 0.3) is 0 Å². The molecular weight excluding hydrogens is 369 g/mol. The van der Waals surface area contributed by atoms with E-state index in [4.69, 9.17) is 4.74 Å². The Morgan fingerprint density at radius 2 is 2.00 bits per heavy atom. The third-order valence-corrected chi connectivity index (χ3v) is 5.24. The van der Waals surface area contributed by atoms with Crippen molar-refractivity contribution >= 4 is 0 Å². The average molecular weight is 392 g/mol. The molecule has 2 aliphatic rings. The van der Waals surface area contributed by atoms with Crippen LogP contribution in [-0.4, -0.2) is 25.6 Å². The summed E-state index contributed by atoms with van der Waals surface area (Å²) in [5, 5.41) is 7.08. The van der Waals surface area contributed by atoms with E-state index in [1.165, 1.54) is 17.7 Å². The lowest BCUT2D eigenvalue weighted by atomic mass is 9.92. The highest BCUT2D eigenvalue weighted by molar-refractivity contribution is 5.49. The van der Waals surface area contributed by atoms with Crippen LogP contribution in [0.2, 0.25) is 0 Å². The van der Waals surface area contributed by atoms with Crippen LogP contribution >= 0.6 is 0 Å².